The van der Waals surface area contributed by atoms with E-state index < -0.39 is 17.8 Å². The number of alkyl halides is 2. The molecule has 7 rings (SSSR count). The molecule has 1 spiro atoms. The van der Waals surface area contributed by atoms with Crippen LogP contribution in [-0.2, 0) is 31.5 Å². The van der Waals surface area contributed by atoms with E-state index in [9.17, 15) is 23.2 Å². The molecule has 0 radical (unpaired) electrons. The molecule has 1 unspecified atom stereocenters. The number of hydrogen-bond donors (Lipinski definition) is 3. The van der Waals surface area contributed by atoms with Crippen molar-refractivity contribution in [2.75, 3.05) is 33.4 Å². The van der Waals surface area contributed by atoms with Gasteiger partial charge in [0.2, 0.25) is 11.8 Å². The fourth-order valence-electron chi connectivity index (χ4n) is 5.88. The number of amides is 2. The number of fused-ring (bicyclic) bond motifs is 4. The Morgan fingerprint density at radius 3 is 2.64 bits per heavy atom. The Labute approximate surface area is 251 Å². The second-order valence-corrected chi connectivity index (χ2v) is 10.8. The first kappa shape index (κ1) is 29.5. The zero-order valence-electron chi connectivity index (χ0n) is 23.8. The Hall–Kier alpha value is -4.59. The van der Waals surface area contributed by atoms with Crippen LogP contribution in [0.2, 0.25) is 0 Å². The van der Waals surface area contributed by atoms with Crippen molar-refractivity contribution in [1.29, 1.82) is 0 Å². The second kappa shape index (κ2) is 11.8. The molecule has 2 aromatic heterocycles. The highest BCUT2D eigenvalue weighted by atomic mass is 19.3. The summed E-state index contributed by atoms with van der Waals surface area (Å²) in [6.45, 7) is 1.65. The first-order chi connectivity index (χ1) is 21.2. The lowest BCUT2D eigenvalue weighted by Crippen LogP contribution is -2.48. The quantitative estimate of drug-likeness (QED) is 0.286. The zero-order valence-corrected chi connectivity index (χ0v) is 23.8. The number of carbonyl (C=O) groups excluding carboxylic acids is 3. The molecule has 2 saturated heterocycles. The lowest BCUT2D eigenvalue weighted by molar-refractivity contribution is -0.152. The van der Waals surface area contributed by atoms with Crippen molar-refractivity contribution >= 4 is 29.1 Å². The van der Waals surface area contributed by atoms with Crippen LogP contribution >= 0.6 is 0 Å². The fraction of sp³-hybridized carbons (Fsp3) is 0.323. The van der Waals surface area contributed by atoms with Gasteiger partial charge < -0.3 is 30.0 Å². The molecule has 0 bridgehead atoms. The largest absolute Gasteiger partial charge is 0.349 e. The lowest BCUT2D eigenvalue weighted by atomic mass is 10.0. The molecule has 13 heteroatoms. The van der Waals surface area contributed by atoms with Gasteiger partial charge >= 0.3 is 0 Å². The van der Waals surface area contributed by atoms with Crippen LogP contribution in [0.4, 0.5) is 8.78 Å². The number of likely N-dealkylation sites (N-methyl/N-ethyl adjacent to an activating group) is 1. The number of halogens is 2. The fourth-order valence-corrected chi connectivity index (χ4v) is 5.88. The Morgan fingerprint density at radius 1 is 1.11 bits per heavy atom. The summed E-state index contributed by atoms with van der Waals surface area (Å²) >= 11 is 0. The van der Waals surface area contributed by atoms with E-state index >= 15 is 0 Å². The number of H-pyrrole nitrogens is 1. The van der Waals surface area contributed by atoms with Gasteiger partial charge in [-0.2, -0.15) is 8.78 Å². The van der Waals surface area contributed by atoms with Gasteiger partial charge in [-0.1, -0.05) is 36.4 Å². The molecule has 11 nitrogen and oxygen atoms in total. The van der Waals surface area contributed by atoms with Crippen molar-refractivity contribution in [3.05, 3.63) is 83.4 Å². The van der Waals surface area contributed by atoms with Crippen LogP contribution in [0.1, 0.15) is 33.6 Å². The summed E-state index contributed by atoms with van der Waals surface area (Å²) in [5, 5.41) is 6.60. The first-order valence-corrected chi connectivity index (χ1v) is 14.1. The molecule has 0 saturated carbocycles. The van der Waals surface area contributed by atoms with Crippen molar-refractivity contribution in [1.82, 2.24) is 30.5 Å². The number of aldehydes is 1. The molecule has 44 heavy (non-hydrogen) atoms. The van der Waals surface area contributed by atoms with E-state index in [0.29, 0.717) is 54.8 Å². The summed E-state index contributed by atoms with van der Waals surface area (Å²) in [4.78, 5) is 48.7. The molecule has 4 heterocycles. The van der Waals surface area contributed by atoms with Crippen molar-refractivity contribution in [2.24, 2.45) is 0 Å². The molecule has 3 N–H and O–H groups in total. The summed E-state index contributed by atoms with van der Waals surface area (Å²) in [7, 11) is 1.69. The van der Waals surface area contributed by atoms with E-state index in [2.05, 4.69) is 25.6 Å². The molecule has 3 aliphatic rings. The topological polar surface area (TPSA) is 139 Å². The number of nitrogens with one attached hydrogen (secondary N) is 3. The number of rotatable bonds is 6. The Balaban J connectivity index is 0.000000173. The van der Waals surface area contributed by atoms with Crippen LogP contribution in [0.25, 0.3) is 22.2 Å². The number of aromatic amines is 1. The third-order valence-corrected chi connectivity index (χ3v) is 7.93. The number of hydrogen-bond acceptors (Lipinski definition) is 8. The maximum Gasteiger partial charge on any atom is 0.299 e. The highest BCUT2D eigenvalue weighted by Gasteiger charge is 2.52. The van der Waals surface area contributed by atoms with Gasteiger partial charge in [0.25, 0.3) is 5.92 Å². The predicted octanol–water partition coefficient (Wildman–Crippen LogP) is 2.76. The Kier molecular flexibility index (Phi) is 7.93. The third-order valence-electron chi connectivity index (χ3n) is 7.93. The standard InChI is InChI=1S/C17H22N6O4.C14H8F2O/c1-18-8-14(24)23-9-17(26-2-3-27-17)5-13(23)16(25)20-7-12-4-11-6-19-10-21-15(11)22-12;15-14(16)12-4-2-1-3-10(12)11-7-9(8-17)5-6-13(11)14/h4,6,10,13,18H,2-3,5,7-9H2,1H3,(H,20,25)(H,19,21,22);1-8H. The van der Waals surface area contributed by atoms with E-state index in [1.54, 1.807) is 31.4 Å². The molecule has 2 aromatic carbocycles. The van der Waals surface area contributed by atoms with Gasteiger partial charge in [-0.3, -0.25) is 14.4 Å². The molecule has 1 atom stereocenters. The molecular weight excluding hydrogens is 574 g/mol. The van der Waals surface area contributed by atoms with Crippen molar-refractivity contribution in [2.45, 2.75) is 30.7 Å². The van der Waals surface area contributed by atoms with Crippen LogP contribution in [0.15, 0.2) is 61.1 Å². The van der Waals surface area contributed by atoms with Gasteiger partial charge in [-0.05, 0) is 30.3 Å². The number of nitrogens with zero attached hydrogens (tertiary/aromatic N) is 3. The highest BCUT2D eigenvalue weighted by Crippen LogP contribution is 2.50. The zero-order chi connectivity index (χ0) is 30.9. The van der Waals surface area contributed by atoms with Crippen LogP contribution in [0, 0.1) is 0 Å². The number of benzene rings is 2. The minimum absolute atomic E-state index is 0.0121. The van der Waals surface area contributed by atoms with Gasteiger partial charge in [0, 0.05) is 40.4 Å². The van der Waals surface area contributed by atoms with Gasteiger partial charge in [-0.25, -0.2) is 9.97 Å². The average molecular weight is 605 g/mol. The van der Waals surface area contributed by atoms with Gasteiger partial charge in [0.15, 0.2) is 5.79 Å². The second-order valence-electron chi connectivity index (χ2n) is 10.8. The van der Waals surface area contributed by atoms with Crippen molar-refractivity contribution in [3.63, 3.8) is 0 Å². The van der Waals surface area contributed by atoms with E-state index in [1.165, 1.54) is 35.5 Å². The number of ether oxygens (including phenoxy) is 2. The average Bonchev–Trinajstić information content (AvgIpc) is 3.81. The van der Waals surface area contributed by atoms with Crippen LogP contribution in [-0.4, -0.2) is 83.1 Å². The summed E-state index contributed by atoms with van der Waals surface area (Å²) in [6, 6.07) is 11.9. The number of aromatic nitrogens is 3. The van der Waals surface area contributed by atoms with E-state index in [4.69, 9.17) is 9.47 Å². The SMILES string of the molecule is CNCC(=O)N1CC2(CC1C(=O)NCc1cc3cncnc3[nH]1)OCCO2.O=Cc1ccc2c(c1)-c1ccccc1C2(F)F. The molecule has 2 aliphatic heterocycles. The van der Waals surface area contributed by atoms with Crippen LogP contribution in [0.3, 0.4) is 0 Å². The van der Waals surface area contributed by atoms with Gasteiger partial charge in [-0.15, -0.1) is 0 Å². The maximum atomic E-state index is 14.1. The predicted molar refractivity (Wildman–Crippen MR) is 155 cm³/mol. The molecular formula is C31H30F2N6O5. The van der Waals surface area contributed by atoms with Crippen molar-refractivity contribution < 1.29 is 32.6 Å². The van der Waals surface area contributed by atoms with Crippen molar-refractivity contribution in [3.8, 4) is 11.1 Å². The third kappa shape index (κ3) is 5.45. The number of likely N-dealkylation sites (tertiary alicyclic amines) is 1. The Morgan fingerprint density at radius 2 is 1.89 bits per heavy atom. The van der Waals surface area contributed by atoms with Gasteiger partial charge in [0.1, 0.15) is 24.3 Å². The van der Waals surface area contributed by atoms with Crippen LogP contribution < -0.4 is 10.6 Å². The molecule has 1 aliphatic carbocycles. The molecule has 228 valence electrons. The minimum Gasteiger partial charge on any atom is -0.349 e. The monoisotopic (exact) mass is 604 g/mol. The highest BCUT2D eigenvalue weighted by molar-refractivity contribution is 5.89. The molecule has 4 aromatic rings. The van der Waals surface area contributed by atoms with Gasteiger partial charge in [0.05, 0.1) is 32.8 Å². The smallest absolute Gasteiger partial charge is 0.299 e. The summed E-state index contributed by atoms with van der Waals surface area (Å²) in [5.74, 6) is -4.23. The summed E-state index contributed by atoms with van der Waals surface area (Å²) in [5.41, 5.74) is 2.89. The molecule has 2 fully saturated rings. The maximum absolute atomic E-state index is 14.1. The number of carbonyl (C=O) groups is 3. The van der Waals surface area contributed by atoms with E-state index in [1.807, 2.05) is 6.07 Å². The van der Waals surface area contributed by atoms with E-state index in [-0.39, 0.29) is 36.0 Å². The summed E-state index contributed by atoms with van der Waals surface area (Å²) < 4.78 is 39.6. The Bertz CT molecular complexity index is 1690. The normalized spacial score (nSPS) is 18.9. The molecule has 2 amide bonds. The first-order valence-electron chi connectivity index (χ1n) is 14.1. The van der Waals surface area contributed by atoms with Crippen LogP contribution in [0.5, 0.6) is 0 Å². The lowest BCUT2D eigenvalue weighted by Gasteiger charge is -2.24. The minimum atomic E-state index is -2.96. The van der Waals surface area contributed by atoms with E-state index in [0.717, 1.165) is 11.1 Å². The summed E-state index contributed by atoms with van der Waals surface area (Å²) in [6.07, 6.45) is 4.16.